The van der Waals surface area contributed by atoms with Crippen molar-refractivity contribution in [3.63, 3.8) is 0 Å². The zero-order valence-electron chi connectivity index (χ0n) is 16.3. The Morgan fingerprint density at radius 2 is 1.75 bits per heavy atom. The second-order valence-corrected chi connectivity index (χ2v) is 7.59. The molecule has 0 bridgehead atoms. The van der Waals surface area contributed by atoms with Crippen molar-refractivity contribution in [2.24, 2.45) is 0 Å². The minimum absolute atomic E-state index is 0.0213. The molecule has 0 aromatic carbocycles. The average Bonchev–Trinajstić information content (AvgIpc) is 3.03. The molecule has 7 heteroatoms. The van der Waals surface area contributed by atoms with E-state index in [0.29, 0.717) is 24.8 Å². The van der Waals surface area contributed by atoms with E-state index in [1.165, 1.54) is 44.9 Å². The number of nitrogens with one attached hydrogen (secondary N) is 1. The number of pyridine rings is 1. The van der Waals surface area contributed by atoms with Gasteiger partial charge in [0, 0.05) is 44.5 Å². The summed E-state index contributed by atoms with van der Waals surface area (Å²) in [6.07, 6.45) is 10.8. The van der Waals surface area contributed by atoms with Crippen molar-refractivity contribution < 1.29 is 4.79 Å². The van der Waals surface area contributed by atoms with Gasteiger partial charge in [0.2, 0.25) is 0 Å². The highest BCUT2D eigenvalue weighted by molar-refractivity contribution is 5.93. The van der Waals surface area contributed by atoms with E-state index < -0.39 is 0 Å². The second kappa shape index (κ2) is 8.99. The van der Waals surface area contributed by atoms with E-state index >= 15 is 0 Å². The van der Waals surface area contributed by atoms with Crippen molar-refractivity contribution in [1.82, 2.24) is 19.9 Å². The molecule has 1 saturated heterocycles. The molecule has 0 spiro atoms. The Morgan fingerprint density at radius 1 is 0.964 bits per heavy atom. The van der Waals surface area contributed by atoms with Gasteiger partial charge < -0.3 is 15.1 Å². The summed E-state index contributed by atoms with van der Waals surface area (Å²) < 4.78 is 0. The van der Waals surface area contributed by atoms with E-state index in [2.05, 4.69) is 25.2 Å². The quantitative estimate of drug-likeness (QED) is 0.822. The number of aromatic nitrogens is 3. The molecule has 2 aromatic heterocycles. The Labute approximate surface area is 166 Å². The molecular formula is C21H28N6O. The zero-order chi connectivity index (χ0) is 19.2. The zero-order valence-corrected chi connectivity index (χ0v) is 16.3. The number of rotatable bonds is 4. The van der Waals surface area contributed by atoms with E-state index in [1.807, 2.05) is 23.1 Å². The van der Waals surface area contributed by atoms with Gasteiger partial charge in [-0.15, -0.1) is 0 Å². The highest BCUT2D eigenvalue weighted by Gasteiger charge is 2.24. The Hall–Kier alpha value is -2.70. The molecule has 0 atom stereocenters. The van der Waals surface area contributed by atoms with Gasteiger partial charge in [0.25, 0.3) is 5.91 Å². The maximum Gasteiger partial charge on any atom is 0.272 e. The van der Waals surface area contributed by atoms with Crippen molar-refractivity contribution in [3.05, 3.63) is 42.5 Å². The Morgan fingerprint density at radius 3 is 2.46 bits per heavy atom. The third-order valence-electron chi connectivity index (χ3n) is 5.63. The van der Waals surface area contributed by atoms with Crippen LogP contribution >= 0.6 is 0 Å². The molecule has 0 unspecified atom stereocenters. The largest absolute Gasteiger partial charge is 0.367 e. The van der Waals surface area contributed by atoms with Crippen molar-refractivity contribution in [3.8, 4) is 0 Å². The van der Waals surface area contributed by atoms with Gasteiger partial charge >= 0.3 is 0 Å². The molecule has 28 heavy (non-hydrogen) atoms. The van der Waals surface area contributed by atoms with Crippen LogP contribution in [0.3, 0.4) is 0 Å². The molecule has 1 N–H and O–H groups in total. The first kappa shape index (κ1) is 18.7. The summed E-state index contributed by atoms with van der Waals surface area (Å²) in [6, 6.07) is 8.16. The summed E-state index contributed by atoms with van der Waals surface area (Å²) in [5.41, 5.74) is 0.470. The molecule has 2 aromatic rings. The fourth-order valence-electron chi connectivity index (χ4n) is 4.03. The van der Waals surface area contributed by atoms with Crippen LogP contribution in [0.5, 0.6) is 0 Å². The van der Waals surface area contributed by atoms with E-state index in [4.69, 9.17) is 0 Å². The van der Waals surface area contributed by atoms with Crippen molar-refractivity contribution in [1.29, 1.82) is 0 Å². The highest BCUT2D eigenvalue weighted by Crippen LogP contribution is 2.21. The van der Waals surface area contributed by atoms with Crippen LogP contribution in [0.2, 0.25) is 0 Å². The number of carbonyl (C=O) groups excluding carboxylic acids is 1. The fraction of sp³-hybridized carbons (Fsp3) is 0.524. The van der Waals surface area contributed by atoms with Crippen LogP contribution in [0.25, 0.3) is 0 Å². The molecule has 2 aliphatic rings. The standard InChI is InChI=1S/C21H28N6O/c28-21(27-13-11-26(12-14-27)20-9-5-6-10-22-20)18-15-19(24-16-23-18)25-17-7-3-1-2-4-8-17/h5-6,9-10,15-17H,1-4,7-8,11-14H2,(H,23,24,25). The third-order valence-corrected chi connectivity index (χ3v) is 5.63. The summed E-state index contributed by atoms with van der Waals surface area (Å²) in [5.74, 6) is 1.70. The van der Waals surface area contributed by atoms with Gasteiger partial charge in [0.1, 0.15) is 23.7 Å². The number of carbonyl (C=O) groups is 1. The van der Waals surface area contributed by atoms with Gasteiger partial charge in [-0.05, 0) is 25.0 Å². The molecule has 0 radical (unpaired) electrons. The number of nitrogens with zero attached hydrogens (tertiary/aromatic N) is 5. The summed E-state index contributed by atoms with van der Waals surface area (Å²) >= 11 is 0. The highest BCUT2D eigenvalue weighted by atomic mass is 16.2. The lowest BCUT2D eigenvalue weighted by Gasteiger charge is -2.35. The molecule has 1 saturated carbocycles. The molecule has 1 amide bonds. The third kappa shape index (κ3) is 4.58. The minimum Gasteiger partial charge on any atom is -0.367 e. The summed E-state index contributed by atoms with van der Waals surface area (Å²) in [4.78, 5) is 30.0. The summed E-state index contributed by atoms with van der Waals surface area (Å²) in [5, 5.41) is 3.51. The molecular weight excluding hydrogens is 352 g/mol. The van der Waals surface area contributed by atoms with Crippen LogP contribution in [0.4, 0.5) is 11.6 Å². The Kier molecular flexibility index (Phi) is 5.99. The number of anilines is 2. The van der Waals surface area contributed by atoms with E-state index in [0.717, 1.165) is 24.7 Å². The average molecular weight is 380 g/mol. The van der Waals surface area contributed by atoms with Gasteiger partial charge in [-0.2, -0.15) is 0 Å². The van der Waals surface area contributed by atoms with E-state index in [-0.39, 0.29) is 5.91 Å². The van der Waals surface area contributed by atoms with E-state index in [9.17, 15) is 4.79 Å². The number of amides is 1. The predicted molar refractivity (Wildman–Crippen MR) is 109 cm³/mol. The van der Waals surface area contributed by atoms with Crippen LogP contribution in [0, 0.1) is 0 Å². The first-order chi connectivity index (χ1) is 13.8. The lowest BCUT2D eigenvalue weighted by molar-refractivity contribution is 0.0740. The molecule has 1 aliphatic carbocycles. The topological polar surface area (TPSA) is 74.2 Å². The van der Waals surface area contributed by atoms with Crippen LogP contribution in [0.1, 0.15) is 49.0 Å². The maximum absolute atomic E-state index is 12.9. The summed E-state index contributed by atoms with van der Waals surface area (Å²) in [7, 11) is 0. The normalized spacial score (nSPS) is 18.6. The maximum atomic E-state index is 12.9. The molecule has 7 nitrogen and oxygen atoms in total. The van der Waals surface area contributed by atoms with Gasteiger partial charge in [0.05, 0.1) is 0 Å². The van der Waals surface area contributed by atoms with Crippen LogP contribution in [0.15, 0.2) is 36.8 Å². The van der Waals surface area contributed by atoms with Crippen molar-refractivity contribution in [2.75, 3.05) is 36.4 Å². The van der Waals surface area contributed by atoms with Gasteiger partial charge in [0.15, 0.2) is 0 Å². The minimum atomic E-state index is -0.0213. The first-order valence-electron chi connectivity index (χ1n) is 10.3. The molecule has 3 heterocycles. The molecule has 2 fully saturated rings. The number of piperazine rings is 1. The van der Waals surface area contributed by atoms with Crippen molar-refractivity contribution >= 4 is 17.5 Å². The van der Waals surface area contributed by atoms with Crippen LogP contribution < -0.4 is 10.2 Å². The molecule has 148 valence electrons. The Balaban J connectivity index is 1.36. The lowest BCUT2D eigenvalue weighted by Crippen LogP contribution is -2.49. The summed E-state index contributed by atoms with van der Waals surface area (Å²) in [6.45, 7) is 2.90. The van der Waals surface area contributed by atoms with E-state index in [1.54, 1.807) is 12.3 Å². The van der Waals surface area contributed by atoms with Crippen LogP contribution in [-0.4, -0.2) is 58.0 Å². The molecule has 1 aliphatic heterocycles. The lowest BCUT2D eigenvalue weighted by atomic mass is 10.1. The number of hydrogen-bond donors (Lipinski definition) is 1. The van der Waals surface area contributed by atoms with Crippen molar-refractivity contribution in [2.45, 2.75) is 44.6 Å². The molecule has 4 rings (SSSR count). The predicted octanol–water partition coefficient (Wildman–Crippen LogP) is 2.97. The second-order valence-electron chi connectivity index (χ2n) is 7.59. The monoisotopic (exact) mass is 380 g/mol. The SMILES string of the molecule is O=C(c1cc(NC2CCCCCC2)ncn1)N1CCN(c2ccccn2)CC1. The number of hydrogen-bond acceptors (Lipinski definition) is 6. The fourth-order valence-corrected chi connectivity index (χ4v) is 4.03. The van der Waals surface area contributed by atoms with Gasteiger partial charge in [-0.3, -0.25) is 4.79 Å². The van der Waals surface area contributed by atoms with Crippen LogP contribution in [-0.2, 0) is 0 Å². The first-order valence-corrected chi connectivity index (χ1v) is 10.3. The smallest absolute Gasteiger partial charge is 0.272 e. The van der Waals surface area contributed by atoms with Gasteiger partial charge in [-0.1, -0.05) is 31.7 Å². The van der Waals surface area contributed by atoms with Gasteiger partial charge in [-0.25, -0.2) is 15.0 Å². The Bertz CT molecular complexity index is 767.